The zero-order valence-corrected chi connectivity index (χ0v) is 21.8. The van der Waals surface area contributed by atoms with Crippen molar-refractivity contribution in [2.24, 2.45) is 7.05 Å². The largest absolute Gasteiger partial charge is 0.328 e. The van der Waals surface area contributed by atoms with E-state index in [-0.39, 0.29) is 27.1 Å². The first-order valence-electron chi connectivity index (χ1n) is 10.8. The molecule has 0 bridgehead atoms. The SMILES string of the molecule is Cc1c(NC(=S)NC(=[NH+]S(=O)(=O)c2ccc(Cl)cc2)c2ccccc2)c(=O)n(-c2ccccc2)n1C. The molecule has 1 heterocycles. The third kappa shape index (κ3) is 5.40. The Labute approximate surface area is 218 Å². The standard InChI is InChI=1S/C25H22ClN5O3S2/c1-17-22(24(32)31(30(17)2)20-11-7-4-8-12-20)27-25(35)28-23(18-9-5-3-6-10-18)29-36(33,34)21-15-13-19(26)14-16-21/h3-16H,1-2H3,(H2,27,28,29,35)/p+1. The van der Waals surface area contributed by atoms with E-state index in [4.69, 9.17) is 23.8 Å². The van der Waals surface area contributed by atoms with Gasteiger partial charge in [-0.1, -0.05) is 48.0 Å². The topological polar surface area (TPSA) is 99.1 Å². The molecule has 8 nitrogen and oxygen atoms in total. The maximum absolute atomic E-state index is 13.2. The van der Waals surface area contributed by atoms with Crippen molar-refractivity contribution in [1.82, 2.24) is 14.7 Å². The minimum atomic E-state index is -3.96. The Morgan fingerprint density at radius 2 is 1.53 bits per heavy atom. The number of rotatable bonds is 5. The predicted molar refractivity (Wildman–Crippen MR) is 145 cm³/mol. The molecule has 0 aliphatic carbocycles. The van der Waals surface area contributed by atoms with E-state index in [9.17, 15) is 13.2 Å². The second-order valence-corrected chi connectivity index (χ2v) is 10.3. The lowest BCUT2D eigenvalue weighted by atomic mass is 10.2. The van der Waals surface area contributed by atoms with Crippen LogP contribution in [0.1, 0.15) is 11.3 Å². The maximum Gasteiger partial charge on any atom is 0.328 e. The highest BCUT2D eigenvalue weighted by atomic mass is 35.5. The number of nitrogens with one attached hydrogen (secondary N) is 3. The summed E-state index contributed by atoms with van der Waals surface area (Å²) in [6.07, 6.45) is 0. The summed E-state index contributed by atoms with van der Waals surface area (Å²) < 4.78 is 31.9. The molecule has 1 aromatic heterocycles. The van der Waals surface area contributed by atoms with Gasteiger partial charge in [-0.25, -0.2) is 10.00 Å². The number of amidine groups is 1. The lowest BCUT2D eigenvalue weighted by Gasteiger charge is -2.07. The molecule has 0 atom stereocenters. The Hall–Kier alpha value is -3.73. The van der Waals surface area contributed by atoms with Crippen LogP contribution in [0.25, 0.3) is 5.69 Å². The van der Waals surface area contributed by atoms with Crippen molar-refractivity contribution in [3.63, 3.8) is 0 Å². The number of nitrogens with zero attached hydrogens (tertiary/aromatic N) is 2. The van der Waals surface area contributed by atoms with Gasteiger partial charge in [-0.3, -0.25) is 9.48 Å². The lowest BCUT2D eigenvalue weighted by molar-refractivity contribution is -0.269. The van der Waals surface area contributed by atoms with Crippen LogP contribution >= 0.6 is 23.8 Å². The molecular weight excluding hydrogens is 518 g/mol. The van der Waals surface area contributed by atoms with Gasteiger partial charge in [0.05, 0.1) is 16.9 Å². The molecule has 0 unspecified atom stereocenters. The van der Waals surface area contributed by atoms with Gasteiger partial charge >= 0.3 is 10.0 Å². The van der Waals surface area contributed by atoms with E-state index in [0.29, 0.717) is 22.0 Å². The molecule has 3 aromatic carbocycles. The van der Waals surface area contributed by atoms with Crippen LogP contribution in [0.15, 0.2) is 94.6 Å². The van der Waals surface area contributed by atoms with Crippen molar-refractivity contribution in [2.75, 3.05) is 5.32 Å². The summed E-state index contributed by atoms with van der Waals surface area (Å²) in [6.45, 7) is 1.79. The Balaban J connectivity index is 1.67. The minimum absolute atomic E-state index is 0.0330. The van der Waals surface area contributed by atoms with Gasteiger partial charge in [-0.2, -0.15) is 12.8 Å². The van der Waals surface area contributed by atoms with Crippen LogP contribution in [0.4, 0.5) is 5.69 Å². The molecule has 36 heavy (non-hydrogen) atoms. The summed E-state index contributed by atoms with van der Waals surface area (Å²) in [7, 11) is -2.19. The van der Waals surface area contributed by atoms with Crippen LogP contribution < -0.4 is 20.6 Å². The summed E-state index contributed by atoms with van der Waals surface area (Å²) in [6, 6.07) is 23.8. The molecule has 0 amide bonds. The van der Waals surface area contributed by atoms with Gasteiger partial charge in [0.2, 0.25) is 0 Å². The fraction of sp³-hybridized carbons (Fsp3) is 0.0800. The number of aromatic nitrogens is 2. The maximum atomic E-state index is 13.2. The second-order valence-electron chi connectivity index (χ2n) is 7.82. The molecular formula is C25H23ClN5O3S2+. The van der Waals surface area contributed by atoms with Crippen molar-refractivity contribution in [3.8, 4) is 5.69 Å². The lowest BCUT2D eigenvalue weighted by Crippen LogP contribution is -2.79. The van der Waals surface area contributed by atoms with E-state index >= 15 is 0 Å². The molecule has 0 spiro atoms. The number of halogens is 1. The Bertz CT molecular complexity index is 1600. The monoisotopic (exact) mass is 540 g/mol. The van der Waals surface area contributed by atoms with Gasteiger partial charge in [-0.15, -0.1) is 0 Å². The number of hydrogen-bond acceptors (Lipinski definition) is 4. The van der Waals surface area contributed by atoms with Gasteiger partial charge in [-0.05, 0) is 67.7 Å². The second kappa shape index (κ2) is 10.5. The van der Waals surface area contributed by atoms with Crippen molar-refractivity contribution < 1.29 is 12.8 Å². The molecule has 3 N–H and O–H groups in total. The third-order valence-electron chi connectivity index (χ3n) is 5.45. The summed E-state index contributed by atoms with van der Waals surface area (Å²) in [5, 5.41) is 6.30. The first-order chi connectivity index (χ1) is 17.2. The minimum Gasteiger partial charge on any atom is -0.307 e. The van der Waals surface area contributed by atoms with E-state index in [1.165, 1.54) is 28.9 Å². The van der Waals surface area contributed by atoms with E-state index < -0.39 is 10.0 Å². The van der Waals surface area contributed by atoms with Crippen molar-refractivity contribution in [2.45, 2.75) is 11.8 Å². The van der Waals surface area contributed by atoms with Crippen molar-refractivity contribution in [3.05, 3.63) is 112 Å². The Morgan fingerprint density at radius 1 is 0.944 bits per heavy atom. The predicted octanol–water partition coefficient (Wildman–Crippen LogP) is 2.34. The first-order valence-corrected chi connectivity index (χ1v) is 13.1. The zero-order valence-electron chi connectivity index (χ0n) is 19.4. The number of hydrogen-bond donors (Lipinski definition) is 3. The zero-order chi connectivity index (χ0) is 25.9. The summed E-state index contributed by atoms with van der Waals surface area (Å²) in [4.78, 5) is 13.2. The molecule has 0 fully saturated rings. The van der Waals surface area contributed by atoms with Gasteiger partial charge in [0, 0.05) is 12.1 Å². The van der Waals surface area contributed by atoms with Crippen LogP contribution in [0.5, 0.6) is 0 Å². The summed E-state index contributed by atoms with van der Waals surface area (Å²) >= 11 is 11.4. The first kappa shape index (κ1) is 25.4. The Morgan fingerprint density at radius 3 is 2.14 bits per heavy atom. The number of sulfonamides is 1. The van der Waals surface area contributed by atoms with Crippen LogP contribution in [0.2, 0.25) is 5.02 Å². The van der Waals surface area contributed by atoms with Crippen molar-refractivity contribution in [1.29, 1.82) is 0 Å². The molecule has 0 saturated heterocycles. The highest BCUT2D eigenvalue weighted by Crippen LogP contribution is 2.14. The quantitative estimate of drug-likeness (QED) is 0.204. The number of para-hydroxylation sites is 1. The highest BCUT2D eigenvalue weighted by Gasteiger charge is 2.23. The number of anilines is 1. The van der Waals surface area contributed by atoms with E-state index in [2.05, 4.69) is 15.0 Å². The van der Waals surface area contributed by atoms with Crippen LogP contribution in [-0.4, -0.2) is 28.7 Å². The molecule has 0 aliphatic heterocycles. The molecule has 4 rings (SSSR count). The van der Waals surface area contributed by atoms with Gasteiger partial charge < -0.3 is 5.32 Å². The summed E-state index contributed by atoms with van der Waals surface area (Å²) in [5.74, 6) is 0.125. The van der Waals surface area contributed by atoms with Gasteiger partial charge in [0.25, 0.3) is 16.5 Å². The summed E-state index contributed by atoms with van der Waals surface area (Å²) in [5.41, 5.74) is 1.87. The van der Waals surface area contributed by atoms with Gasteiger partial charge in [0.1, 0.15) is 10.6 Å². The van der Waals surface area contributed by atoms with Crippen LogP contribution in [0.3, 0.4) is 0 Å². The average Bonchev–Trinajstić information content (AvgIpc) is 3.07. The molecule has 0 saturated carbocycles. The van der Waals surface area contributed by atoms with Crippen molar-refractivity contribution >= 4 is 50.5 Å². The number of thiocarbonyl (C=S) groups is 1. The van der Waals surface area contributed by atoms with E-state index in [1.54, 1.807) is 42.9 Å². The van der Waals surface area contributed by atoms with Crippen LogP contribution in [0, 0.1) is 6.92 Å². The molecule has 4 aromatic rings. The molecule has 0 aliphatic rings. The fourth-order valence-corrected chi connectivity index (χ4v) is 4.92. The van der Waals surface area contributed by atoms with Crippen LogP contribution in [-0.2, 0) is 17.1 Å². The van der Waals surface area contributed by atoms with E-state index in [0.717, 1.165) is 0 Å². The smallest absolute Gasteiger partial charge is 0.307 e. The highest BCUT2D eigenvalue weighted by molar-refractivity contribution is 7.84. The number of benzene rings is 3. The van der Waals surface area contributed by atoms with Gasteiger partial charge in [0.15, 0.2) is 0 Å². The fourth-order valence-electron chi connectivity index (χ4n) is 3.54. The third-order valence-corrected chi connectivity index (χ3v) is 7.28. The molecule has 11 heteroatoms. The Kier molecular flexibility index (Phi) is 7.39. The normalized spacial score (nSPS) is 11.8. The molecule has 184 valence electrons. The average molecular weight is 541 g/mol. The molecule has 0 radical (unpaired) electrons. The van der Waals surface area contributed by atoms with E-state index in [1.807, 2.05) is 36.4 Å².